The van der Waals surface area contributed by atoms with Gasteiger partial charge in [0.1, 0.15) is 0 Å². The zero-order chi connectivity index (χ0) is 18.0. The normalized spacial score (nSPS) is 14.4. The van der Waals surface area contributed by atoms with Crippen LogP contribution in [0.1, 0.15) is 31.7 Å². The lowest BCUT2D eigenvalue weighted by molar-refractivity contribution is 0.123. The van der Waals surface area contributed by atoms with Gasteiger partial charge in [0.2, 0.25) is 0 Å². The zero-order valence-electron chi connectivity index (χ0n) is 15.5. The molecule has 26 heavy (non-hydrogen) atoms. The standard InChI is InChI=1S/C20H29N5O/c1-2-22-20(23-10-5-13-26-15-17-8-9-17)24-14-18-6-3-4-7-19(18)25-12-11-21-16-25/h3-4,6-7,11-12,16-17H,2,5,8-10,13-15H2,1H3,(H2,22,23,24). The van der Waals surface area contributed by atoms with Crippen LogP contribution in [0.15, 0.2) is 48.0 Å². The summed E-state index contributed by atoms with van der Waals surface area (Å²) in [6.45, 7) is 6.13. The first kappa shape index (κ1) is 18.5. The number of para-hydroxylation sites is 1. The molecule has 0 atom stereocenters. The lowest BCUT2D eigenvalue weighted by Gasteiger charge is -2.13. The summed E-state index contributed by atoms with van der Waals surface area (Å²) < 4.78 is 7.69. The highest BCUT2D eigenvalue weighted by Gasteiger charge is 2.20. The van der Waals surface area contributed by atoms with Crippen molar-refractivity contribution >= 4 is 5.96 Å². The Hall–Kier alpha value is -2.34. The van der Waals surface area contributed by atoms with Crippen molar-refractivity contribution in [3.8, 4) is 5.69 Å². The maximum atomic E-state index is 5.68. The molecule has 1 aliphatic carbocycles. The van der Waals surface area contributed by atoms with Gasteiger partial charge >= 0.3 is 0 Å². The Morgan fingerprint density at radius 3 is 2.96 bits per heavy atom. The summed E-state index contributed by atoms with van der Waals surface area (Å²) in [5.74, 6) is 1.67. The van der Waals surface area contributed by atoms with Crippen LogP contribution in [0.25, 0.3) is 5.69 Å². The van der Waals surface area contributed by atoms with Crippen molar-refractivity contribution < 1.29 is 4.74 Å². The summed E-state index contributed by atoms with van der Waals surface area (Å²) in [4.78, 5) is 8.86. The van der Waals surface area contributed by atoms with Crippen LogP contribution < -0.4 is 10.6 Å². The quantitative estimate of drug-likeness (QED) is 0.391. The van der Waals surface area contributed by atoms with Gasteiger partial charge in [0.15, 0.2) is 5.96 Å². The van der Waals surface area contributed by atoms with Gasteiger partial charge in [-0.25, -0.2) is 9.98 Å². The Bertz CT molecular complexity index is 679. The fraction of sp³-hybridized carbons (Fsp3) is 0.500. The fourth-order valence-corrected chi connectivity index (χ4v) is 2.72. The Morgan fingerprint density at radius 1 is 1.31 bits per heavy atom. The molecule has 2 N–H and O–H groups in total. The van der Waals surface area contributed by atoms with E-state index >= 15 is 0 Å². The van der Waals surface area contributed by atoms with Crippen LogP contribution in [0.3, 0.4) is 0 Å². The molecule has 1 heterocycles. The molecule has 1 saturated carbocycles. The molecule has 140 valence electrons. The van der Waals surface area contributed by atoms with Crippen LogP contribution in [-0.2, 0) is 11.3 Å². The lowest BCUT2D eigenvalue weighted by atomic mass is 10.2. The number of rotatable bonds is 10. The van der Waals surface area contributed by atoms with Gasteiger partial charge in [-0.3, -0.25) is 0 Å². The predicted octanol–water partition coefficient (Wildman–Crippen LogP) is 2.74. The molecule has 0 spiro atoms. The molecule has 1 aliphatic rings. The van der Waals surface area contributed by atoms with E-state index in [1.807, 2.05) is 29.2 Å². The number of aromatic nitrogens is 2. The SMILES string of the molecule is CCNC(=NCc1ccccc1-n1ccnc1)NCCCOCC1CC1. The van der Waals surface area contributed by atoms with Crippen LogP contribution in [0.5, 0.6) is 0 Å². The number of nitrogens with one attached hydrogen (secondary N) is 2. The highest BCUT2D eigenvalue weighted by Crippen LogP contribution is 2.28. The minimum Gasteiger partial charge on any atom is -0.381 e. The van der Waals surface area contributed by atoms with E-state index in [4.69, 9.17) is 9.73 Å². The molecule has 6 nitrogen and oxygen atoms in total. The monoisotopic (exact) mass is 355 g/mol. The highest BCUT2D eigenvalue weighted by molar-refractivity contribution is 5.79. The molecule has 0 saturated heterocycles. The Labute approximate surface area is 155 Å². The molecule has 1 aromatic heterocycles. The number of hydrogen-bond acceptors (Lipinski definition) is 3. The fourth-order valence-electron chi connectivity index (χ4n) is 2.72. The second kappa shape index (κ2) is 9.97. The van der Waals surface area contributed by atoms with E-state index in [-0.39, 0.29) is 0 Å². The van der Waals surface area contributed by atoms with Crippen molar-refractivity contribution in [3.63, 3.8) is 0 Å². The maximum Gasteiger partial charge on any atom is 0.191 e. The molecule has 2 aromatic rings. The molecule has 1 fully saturated rings. The van der Waals surface area contributed by atoms with Crippen LogP contribution >= 0.6 is 0 Å². The second-order valence-electron chi connectivity index (χ2n) is 6.59. The molecular formula is C20H29N5O. The summed E-state index contributed by atoms with van der Waals surface area (Å²) in [7, 11) is 0. The maximum absolute atomic E-state index is 5.68. The number of aliphatic imine (C=N–C) groups is 1. The predicted molar refractivity (Wildman–Crippen MR) is 105 cm³/mol. The Kier molecular flexibility index (Phi) is 7.07. The van der Waals surface area contributed by atoms with E-state index in [1.165, 1.54) is 12.8 Å². The molecule has 0 aliphatic heterocycles. The van der Waals surface area contributed by atoms with Gasteiger partial charge in [-0.15, -0.1) is 0 Å². The summed E-state index contributed by atoms with van der Waals surface area (Å²) in [5.41, 5.74) is 2.27. The average molecular weight is 355 g/mol. The van der Waals surface area contributed by atoms with Crippen LogP contribution in [0, 0.1) is 5.92 Å². The Morgan fingerprint density at radius 2 is 2.19 bits per heavy atom. The molecule has 3 rings (SSSR count). The summed E-state index contributed by atoms with van der Waals surface area (Å²) in [6, 6.07) is 8.27. The van der Waals surface area contributed by atoms with Crippen LogP contribution in [0.4, 0.5) is 0 Å². The number of guanidine groups is 1. The summed E-state index contributed by atoms with van der Waals surface area (Å²) in [5, 5.41) is 6.69. The third-order valence-electron chi connectivity index (χ3n) is 4.33. The first-order chi connectivity index (χ1) is 12.9. The highest BCUT2D eigenvalue weighted by atomic mass is 16.5. The van der Waals surface area contributed by atoms with Crippen molar-refractivity contribution in [2.24, 2.45) is 10.9 Å². The number of ether oxygens (including phenoxy) is 1. The van der Waals surface area contributed by atoms with E-state index in [2.05, 4.69) is 34.7 Å². The van der Waals surface area contributed by atoms with Gasteiger partial charge in [-0.1, -0.05) is 18.2 Å². The van der Waals surface area contributed by atoms with Gasteiger partial charge in [0.05, 0.1) is 18.6 Å². The largest absolute Gasteiger partial charge is 0.381 e. The van der Waals surface area contributed by atoms with Crippen molar-refractivity contribution in [2.75, 3.05) is 26.3 Å². The second-order valence-corrected chi connectivity index (χ2v) is 6.59. The molecule has 1 aromatic carbocycles. The van der Waals surface area contributed by atoms with E-state index in [0.29, 0.717) is 6.54 Å². The molecule has 0 bridgehead atoms. The van der Waals surface area contributed by atoms with Crippen LogP contribution in [0.2, 0.25) is 0 Å². The minimum atomic E-state index is 0.613. The third kappa shape index (κ3) is 5.88. The third-order valence-corrected chi connectivity index (χ3v) is 4.33. The van der Waals surface area contributed by atoms with Crippen molar-refractivity contribution in [1.29, 1.82) is 0 Å². The number of imidazole rings is 1. The number of hydrogen-bond donors (Lipinski definition) is 2. The first-order valence-electron chi connectivity index (χ1n) is 9.53. The first-order valence-corrected chi connectivity index (χ1v) is 9.53. The minimum absolute atomic E-state index is 0.613. The number of nitrogens with zero attached hydrogens (tertiary/aromatic N) is 3. The topological polar surface area (TPSA) is 63.5 Å². The number of benzene rings is 1. The molecule has 6 heteroatoms. The van der Waals surface area contributed by atoms with Gasteiger partial charge < -0.3 is 19.9 Å². The smallest absolute Gasteiger partial charge is 0.191 e. The van der Waals surface area contributed by atoms with Crippen LogP contribution in [-0.4, -0.2) is 41.8 Å². The molecule has 0 radical (unpaired) electrons. The summed E-state index contributed by atoms with van der Waals surface area (Å²) >= 11 is 0. The molecular weight excluding hydrogens is 326 g/mol. The van der Waals surface area contributed by atoms with E-state index in [9.17, 15) is 0 Å². The Balaban J connectivity index is 1.50. The van der Waals surface area contributed by atoms with E-state index in [1.54, 1.807) is 6.20 Å². The zero-order valence-corrected chi connectivity index (χ0v) is 15.5. The molecule has 0 unspecified atom stereocenters. The lowest BCUT2D eigenvalue weighted by Crippen LogP contribution is -2.38. The van der Waals surface area contributed by atoms with E-state index in [0.717, 1.165) is 55.9 Å². The van der Waals surface area contributed by atoms with Gasteiger partial charge in [-0.2, -0.15) is 0 Å². The van der Waals surface area contributed by atoms with Gasteiger partial charge in [-0.05, 0) is 43.7 Å². The average Bonchev–Trinajstić information content (AvgIpc) is 3.33. The van der Waals surface area contributed by atoms with Gasteiger partial charge in [0, 0.05) is 38.7 Å². The summed E-state index contributed by atoms with van der Waals surface area (Å²) in [6.07, 6.45) is 9.23. The molecule has 0 amide bonds. The van der Waals surface area contributed by atoms with E-state index < -0.39 is 0 Å². The van der Waals surface area contributed by atoms with Crippen molar-refractivity contribution in [1.82, 2.24) is 20.2 Å². The van der Waals surface area contributed by atoms with Crippen molar-refractivity contribution in [2.45, 2.75) is 32.7 Å². The van der Waals surface area contributed by atoms with Crippen molar-refractivity contribution in [3.05, 3.63) is 48.5 Å². The van der Waals surface area contributed by atoms with Gasteiger partial charge in [0.25, 0.3) is 0 Å².